The number of carbonyl (C=O) groups is 1. The molecule has 2 amide bonds. The SMILES string of the molecule is CNC[C@H](CC1CCCCC1)C1C([C@@](O)(CCCCOC)c2cc(F)ccc2OC)CCCN1C(N)=O. The van der Waals surface area contributed by atoms with Gasteiger partial charge in [-0.15, -0.1) is 0 Å². The number of nitrogens with zero attached hydrogens (tertiary/aromatic N) is 1. The number of primary amides is 1. The molecule has 0 bridgehead atoms. The Morgan fingerprint density at radius 2 is 1.97 bits per heavy atom. The van der Waals surface area contributed by atoms with Crippen LogP contribution in [0.4, 0.5) is 9.18 Å². The van der Waals surface area contributed by atoms with E-state index in [9.17, 15) is 14.3 Å². The topological polar surface area (TPSA) is 97.1 Å². The Bertz CT molecular complexity index is 850. The highest BCUT2D eigenvalue weighted by atomic mass is 19.1. The Hall–Kier alpha value is -1.90. The molecule has 1 saturated carbocycles. The van der Waals surface area contributed by atoms with E-state index in [1.165, 1.54) is 44.2 Å². The molecule has 0 spiro atoms. The number of benzene rings is 1. The van der Waals surface area contributed by atoms with Crippen LogP contribution in [0, 0.1) is 23.6 Å². The third-order valence-corrected chi connectivity index (χ3v) is 8.68. The van der Waals surface area contributed by atoms with Crippen LogP contribution in [0.2, 0.25) is 0 Å². The molecular formula is C29H48FN3O4. The minimum atomic E-state index is -1.39. The maximum Gasteiger partial charge on any atom is 0.315 e. The molecule has 2 aliphatic rings. The Kier molecular flexibility index (Phi) is 11.5. The number of carbonyl (C=O) groups excluding carboxylic acids is 1. The predicted octanol–water partition coefficient (Wildman–Crippen LogP) is 4.80. The van der Waals surface area contributed by atoms with Crippen molar-refractivity contribution >= 4 is 6.03 Å². The van der Waals surface area contributed by atoms with Crippen molar-refractivity contribution in [1.29, 1.82) is 0 Å². The summed E-state index contributed by atoms with van der Waals surface area (Å²) in [4.78, 5) is 14.6. The molecule has 0 radical (unpaired) electrons. The largest absolute Gasteiger partial charge is 0.496 e. The van der Waals surface area contributed by atoms with Gasteiger partial charge in [0.1, 0.15) is 11.6 Å². The van der Waals surface area contributed by atoms with Crippen LogP contribution in [0.3, 0.4) is 0 Å². The van der Waals surface area contributed by atoms with Crippen LogP contribution in [0.5, 0.6) is 5.75 Å². The quantitative estimate of drug-likeness (QED) is 0.324. The maximum atomic E-state index is 14.6. The monoisotopic (exact) mass is 521 g/mol. The van der Waals surface area contributed by atoms with E-state index < -0.39 is 17.4 Å². The van der Waals surface area contributed by atoms with Crippen molar-refractivity contribution in [3.05, 3.63) is 29.6 Å². The summed E-state index contributed by atoms with van der Waals surface area (Å²) in [7, 11) is 5.15. The lowest BCUT2D eigenvalue weighted by Gasteiger charge is -2.51. The molecule has 2 fully saturated rings. The molecule has 4 N–H and O–H groups in total. The van der Waals surface area contributed by atoms with E-state index in [0.717, 1.165) is 32.2 Å². The molecular weight excluding hydrogens is 473 g/mol. The smallest absolute Gasteiger partial charge is 0.315 e. The van der Waals surface area contributed by atoms with Crippen LogP contribution in [-0.2, 0) is 10.3 Å². The van der Waals surface area contributed by atoms with Crippen molar-refractivity contribution in [3.8, 4) is 5.75 Å². The van der Waals surface area contributed by atoms with Gasteiger partial charge in [0.15, 0.2) is 0 Å². The molecule has 1 aromatic carbocycles. The Balaban J connectivity index is 2.07. The fraction of sp³-hybridized carbons (Fsp3) is 0.759. The van der Waals surface area contributed by atoms with Gasteiger partial charge in [0, 0.05) is 37.8 Å². The summed E-state index contributed by atoms with van der Waals surface area (Å²) in [5, 5.41) is 16.0. The maximum absolute atomic E-state index is 14.6. The van der Waals surface area contributed by atoms with Crippen LogP contribution in [0.1, 0.15) is 76.2 Å². The summed E-state index contributed by atoms with van der Waals surface area (Å²) >= 11 is 0. The number of piperidine rings is 1. The van der Waals surface area contributed by atoms with Crippen molar-refractivity contribution in [2.24, 2.45) is 23.5 Å². The van der Waals surface area contributed by atoms with Gasteiger partial charge < -0.3 is 30.5 Å². The number of likely N-dealkylation sites (tertiary alicyclic amines) is 1. The van der Waals surface area contributed by atoms with Gasteiger partial charge in [0.2, 0.25) is 0 Å². The van der Waals surface area contributed by atoms with Gasteiger partial charge in [-0.05, 0) is 82.2 Å². The summed E-state index contributed by atoms with van der Waals surface area (Å²) < 4.78 is 25.5. The number of rotatable bonds is 13. The molecule has 0 aromatic heterocycles. The van der Waals surface area contributed by atoms with Crippen LogP contribution in [0.25, 0.3) is 0 Å². The molecule has 1 saturated heterocycles. The van der Waals surface area contributed by atoms with E-state index in [2.05, 4.69) is 5.32 Å². The van der Waals surface area contributed by atoms with Gasteiger partial charge >= 0.3 is 6.03 Å². The Morgan fingerprint density at radius 1 is 1.22 bits per heavy atom. The van der Waals surface area contributed by atoms with Crippen molar-refractivity contribution in [2.75, 3.05) is 41.0 Å². The number of ether oxygens (including phenoxy) is 2. The number of hydrogen-bond donors (Lipinski definition) is 3. The van der Waals surface area contributed by atoms with Crippen molar-refractivity contribution in [2.45, 2.75) is 82.3 Å². The third kappa shape index (κ3) is 7.36. The van der Waals surface area contributed by atoms with Crippen LogP contribution in [-0.4, -0.2) is 63.0 Å². The summed E-state index contributed by atoms with van der Waals surface area (Å²) in [5.74, 6) is 0.454. The third-order valence-electron chi connectivity index (χ3n) is 8.68. The minimum absolute atomic E-state index is 0.121. The predicted molar refractivity (Wildman–Crippen MR) is 144 cm³/mol. The average Bonchev–Trinajstić information content (AvgIpc) is 2.91. The molecule has 3 rings (SSSR count). The van der Waals surface area contributed by atoms with Crippen molar-refractivity contribution in [3.63, 3.8) is 0 Å². The van der Waals surface area contributed by atoms with E-state index in [4.69, 9.17) is 15.2 Å². The van der Waals surface area contributed by atoms with E-state index in [1.807, 2.05) is 7.05 Å². The number of aliphatic hydroxyl groups is 1. The van der Waals surface area contributed by atoms with Gasteiger partial charge in [0.05, 0.1) is 12.7 Å². The molecule has 2 unspecified atom stereocenters. The summed E-state index contributed by atoms with van der Waals surface area (Å²) in [6, 6.07) is 3.63. The first-order valence-electron chi connectivity index (χ1n) is 14.1. The highest BCUT2D eigenvalue weighted by Gasteiger charge is 2.50. The summed E-state index contributed by atoms with van der Waals surface area (Å²) in [6.07, 6.45) is 10.5. The van der Waals surface area contributed by atoms with E-state index in [-0.39, 0.29) is 17.9 Å². The molecule has 37 heavy (non-hydrogen) atoms. The number of methoxy groups -OCH3 is 2. The molecule has 8 heteroatoms. The lowest BCUT2D eigenvalue weighted by atomic mass is 9.65. The van der Waals surface area contributed by atoms with Gasteiger partial charge in [-0.2, -0.15) is 0 Å². The molecule has 1 aliphatic heterocycles. The van der Waals surface area contributed by atoms with Crippen LogP contribution < -0.4 is 15.8 Å². The van der Waals surface area contributed by atoms with Gasteiger partial charge in [-0.1, -0.05) is 32.1 Å². The number of urea groups is 1. The number of halogens is 1. The second kappa shape index (κ2) is 14.3. The van der Waals surface area contributed by atoms with E-state index >= 15 is 0 Å². The van der Waals surface area contributed by atoms with Crippen molar-refractivity contribution in [1.82, 2.24) is 10.2 Å². The number of amides is 2. The fourth-order valence-electron chi connectivity index (χ4n) is 7.02. The number of hydrogen-bond acceptors (Lipinski definition) is 5. The van der Waals surface area contributed by atoms with Gasteiger partial charge in [-0.25, -0.2) is 9.18 Å². The highest BCUT2D eigenvalue weighted by molar-refractivity contribution is 5.72. The summed E-state index contributed by atoms with van der Waals surface area (Å²) in [5.41, 5.74) is 5.04. The van der Waals surface area contributed by atoms with Crippen molar-refractivity contribution < 1.29 is 23.8 Å². The van der Waals surface area contributed by atoms with E-state index in [1.54, 1.807) is 25.2 Å². The summed E-state index contributed by atoms with van der Waals surface area (Å²) in [6.45, 7) is 1.88. The average molecular weight is 522 g/mol. The lowest BCUT2D eigenvalue weighted by Crippen LogP contribution is -2.60. The standard InChI is InChI=1S/C29H48FN3O4/c1-32-20-22(18-21-10-5-4-6-11-21)27-24(12-9-16-33(27)28(31)34)29(35,15-7-8-17-36-2)25-19-23(30)13-14-26(25)37-3/h13-14,19,21-22,24,27,32,35H,4-12,15-18,20H2,1-3H3,(H2,31,34)/t22-,24?,27?,29-/m0/s1. The zero-order valence-electron chi connectivity index (χ0n) is 23.0. The second-order valence-corrected chi connectivity index (χ2v) is 11.0. The Morgan fingerprint density at radius 3 is 2.62 bits per heavy atom. The minimum Gasteiger partial charge on any atom is -0.496 e. The number of unbranched alkanes of at least 4 members (excludes halogenated alkanes) is 1. The fourth-order valence-corrected chi connectivity index (χ4v) is 7.02. The Labute approximate surface area is 222 Å². The number of nitrogens with one attached hydrogen (secondary N) is 1. The molecule has 7 nitrogen and oxygen atoms in total. The van der Waals surface area contributed by atoms with Gasteiger partial charge in [0.25, 0.3) is 0 Å². The zero-order chi connectivity index (χ0) is 26.8. The first-order chi connectivity index (χ1) is 17.8. The molecule has 4 atom stereocenters. The second-order valence-electron chi connectivity index (χ2n) is 11.0. The van der Waals surface area contributed by atoms with E-state index in [0.29, 0.717) is 43.2 Å². The number of nitrogens with two attached hydrogens (primary N) is 1. The molecule has 210 valence electrons. The van der Waals surface area contributed by atoms with Crippen LogP contribution >= 0.6 is 0 Å². The lowest BCUT2D eigenvalue weighted by molar-refractivity contribution is -0.0946. The zero-order valence-corrected chi connectivity index (χ0v) is 23.0. The van der Waals surface area contributed by atoms with Crippen LogP contribution in [0.15, 0.2) is 18.2 Å². The molecule has 1 aromatic rings. The van der Waals surface area contributed by atoms with Gasteiger partial charge in [-0.3, -0.25) is 0 Å². The molecule has 1 heterocycles. The normalized spacial score (nSPS) is 23.4. The molecule has 1 aliphatic carbocycles. The first kappa shape index (κ1) is 29.7. The first-order valence-corrected chi connectivity index (χ1v) is 14.1. The highest BCUT2D eigenvalue weighted by Crippen LogP contribution is 2.48.